The van der Waals surface area contributed by atoms with Gasteiger partial charge >= 0.3 is 0 Å². The normalized spacial score (nSPS) is 13.5. The number of aryl methyl sites for hydroxylation is 1. The Balaban J connectivity index is 1.45. The van der Waals surface area contributed by atoms with Gasteiger partial charge in [0, 0.05) is 35.7 Å². The molecular formula is C34H36N4O2. The van der Waals surface area contributed by atoms with Crippen LogP contribution in [0.5, 0.6) is 0 Å². The molecule has 3 aromatic carbocycles. The van der Waals surface area contributed by atoms with Crippen molar-refractivity contribution in [3.8, 4) is 22.3 Å². The lowest BCUT2D eigenvalue weighted by Crippen LogP contribution is -2.35. The first kappa shape index (κ1) is 27.2. The summed E-state index contributed by atoms with van der Waals surface area (Å²) in [6, 6.07) is 24.6. The number of nitrogens with zero attached hydrogens (tertiary/aromatic N) is 1. The molecule has 0 aliphatic carbocycles. The zero-order chi connectivity index (χ0) is 28.2. The first-order valence-corrected chi connectivity index (χ1v) is 13.9. The largest absolute Gasteiger partial charge is 0.358 e. The topological polar surface area (TPSA) is 77.2 Å². The fraction of sp³-hybridized carbons (Fsp3) is 0.235. The molecule has 3 N–H and O–H groups in total. The predicted molar refractivity (Wildman–Crippen MR) is 164 cm³/mol. The van der Waals surface area contributed by atoms with E-state index < -0.39 is 0 Å². The number of hydrogen-bond acceptors (Lipinski definition) is 3. The first-order chi connectivity index (χ1) is 19.4. The number of aromatic amines is 1. The van der Waals surface area contributed by atoms with E-state index in [1.165, 1.54) is 0 Å². The molecule has 2 heterocycles. The van der Waals surface area contributed by atoms with Crippen molar-refractivity contribution in [3.63, 3.8) is 0 Å². The van der Waals surface area contributed by atoms with E-state index in [1.54, 1.807) is 0 Å². The molecule has 0 fully saturated rings. The minimum Gasteiger partial charge on any atom is -0.358 e. The summed E-state index contributed by atoms with van der Waals surface area (Å²) in [6.07, 6.45) is 1.87. The van der Waals surface area contributed by atoms with E-state index >= 15 is 0 Å². The molecule has 0 spiro atoms. The van der Waals surface area contributed by atoms with E-state index in [0.717, 1.165) is 70.1 Å². The second kappa shape index (κ2) is 11.8. The van der Waals surface area contributed by atoms with Gasteiger partial charge < -0.3 is 20.5 Å². The van der Waals surface area contributed by atoms with Gasteiger partial charge in [-0.15, -0.1) is 0 Å². The number of carbonyl (C=O) groups is 2. The van der Waals surface area contributed by atoms with Gasteiger partial charge in [-0.3, -0.25) is 9.59 Å². The second-order valence-corrected chi connectivity index (χ2v) is 10.1. The Morgan fingerprint density at radius 3 is 2.25 bits per heavy atom. The van der Waals surface area contributed by atoms with Crippen LogP contribution >= 0.6 is 0 Å². The first-order valence-electron chi connectivity index (χ1n) is 13.9. The molecule has 2 amide bonds. The molecule has 5 rings (SSSR count). The monoisotopic (exact) mass is 532 g/mol. The van der Waals surface area contributed by atoms with Crippen LogP contribution in [0, 0.1) is 13.8 Å². The lowest BCUT2D eigenvalue weighted by molar-refractivity contribution is -0.110. The van der Waals surface area contributed by atoms with Gasteiger partial charge in [0.15, 0.2) is 0 Å². The molecule has 0 atom stereocenters. The molecule has 4 aromatic rings. The van der Waals surface area contributed by atoms with Crippen LogP contribution in [0.1, 0.15) is 46.7 Å². The summed E-state index contributed by atoms with van der Waals surface area (Å²) in [4.78, 5) is 31.9. The summed E-state index contributed by atoms with van der Waals surface area (Å²) in [5.41, 5.74) is 9.57. The molecule has 1 aromatic heterocycles. The maximum atomic E-state index is 13.2. The number of amides is 2. The molecule has 0 bridgehead atoms. The molecule has 1 aliphatic heterocycles. The summed E-state index contributed by atoms with van der Waals surface area (Å²) in [6.45, 7) is 11.4. The van der Waals surface area contributed by atoms with Crippen LogP contribution in [0.2, 0.25) is 0 Å². The third-order valence-corrected chi connectivity index (χ3v) is 7.73. The van der Waals surface area contributed by atoms with Crippen molar-refractivity contribution in [2.45, 2.75) is 27.7 Å². The number of hydrogen-bond donors (Lipinski definition) is 3. The zero-order valence-electron chi connectivity index (χ0n) is 23.6. The Bertz CT molecular complexity index is 1560. The number of aromatic nitrogens is 1. The van der Waals surface area contributed by atoms with Gasteiger partial charge in [0.25, 0.3) is 11.8 Å². The molecule has 6 nitrogen and oxygen atoms in total. The van der Waals surface area contributed by atoms with Gasteiger partial charge in [-0.25, -0.2) is 0 Å². The van der Waals surface area contributed by atoms with Crippen molar-refractivity contribution >= 4 is 29.2 Å². The van der Waals surface area contributed by atoms with Crippen LogP contribution in [0.15, 0.2) is 72.8 Å². The number of anilines is 1. The van der Waals surface area contributed by atoms with E-state index in [0.29, 0.717) is 17.7 Å². The van der Waals surface area contributed by atoms with Crippen molar-refractivity contribution in [2.75, 3.05) is 31.5 Å². The highest BCUT2D eigenvalue weighted by Crippen LogP contribution is 2.41. The number of H-pyrrole nitrogens is 1. The fourth-order valence-electron chi connectivity index (χ4n) is 5.46. The van der Waals surface area contributed by atoms with E-state index in [4.69, 9.17) is 0 Å². The number of carbonyl (C=O) groups excluding carboxylic acids is 2. The van der Waals surface area contributed by atoms with Gasteiger partial charge in [0.05, 0.1) is 11.1 Å². The third-order valence-electron chi connectivity index (χ3n) is 7.73. The molecule has 40 heavy (non-hydrogen) atoms. The lowest BCUT2D eigenvalue weighted by atomic mass is 9.93. The second-order valence-electron chi connectivity index (χ2n) is 10.1. The fourth-order valence-corrected chi connectivity index (χ4v) is 5.46. The van der Waals surface area contributed by atoms with E-state index in [-0.39, 0.29) is 11.8 Å². The van der Waals surface area contributed by atoms with Crippen molar-refractivity contribution in [1.82, 2.24) is 15.2 Å². The standard InChI is InChI=1S/C34H36N4O2/c1-5-38(6-2)20-19-35-34(40)31-22(3)30(36-23(31)4)21-28-32-27(13-10-14-29(32)37-33(28)39)26-17-15-25(16-18-26)24-11-8-7-9-12-24/h7-18,21,36H,5-6,19-20H2,1-4H3,(H,35,40)(H,37,39). The maximum absolute atomic E-state index is 13.2. The molecule has 0 radical (unpaired) electrons. The summed E-state index contributed by atoms with van der Waals surface area (Å²) in [5, 5.41) is 6.08. The average Bonchev–Trinajstić information content (AvgIpc) is 3.45. The number of rotatable bonds is 9. The van der Waals surface area contributed by atoms with Crippen LogP contribution in [0.3, 0.4) is 0 Å². The molecular weight excluding hydrogens is 496 g/mol. The Morgan fingerprint density at radius 2 is 1.55 bits per heavy atom. The van der Waals surface area contributed by atoms with Crippen LogP contribution in [-0.4, -0.2) is 47.9 Å². The zero-order valence-corrected chi connectivity index (χ0v) is 23.6. The van der Waals surface area contributed by atoms with Gasteiger partial charge in [-0.05, 0) is 66.9 Å². The summed E-state index contributed by atoms with van der Waals surface area (Å²) in [5.74, 6) is -0.251. The highest BCUT2D eigenvalue weighted by molar-refractivity contribution is 6.36. The summed E-state index contributed by atoms with van der Waals surface area (Å²) >= 11 is 0. The van der Waals surface area contributed by atoms with Gasteiger partial charge in [0.2, 0.25) is 0 Å². The molecule has 0 saturated heterocycles. The average molecular weight is 533 g/mol. The predicted octanol–water partition coefficient (Wildman–Crippen LogP) is 6.53. The van der Waals surface area contributed by atoms with Crippen LogP contribution in [0.4, 0.5) is 5.69 Å². The van der Waals surface area contributed by atoms with Crippen molar-refractivity contribution in [2.24, 2.45) is 0 Å². The molecule has 0 saturated carbocycles. The van der Waals surface area contributed by atoms with Crippen molar-refractivity contribution < 1.29 is 9.59 Å². The van der Waals surface area contributed by atoms with E-state index in [9.17, 15) is 9.59 Å². The Hall–Kier alpha value is -4.42. The smallest absolute Gasteiger partial charge is 0.256 e. The van der Waals surface area contributed by atoms with Gasteiger partial charge in [-0.1, -0.05) is 80.6 Å². The highest BCUT2D eigenvalue weighted by Gasteiger charge is 2.28. The Morgan fingerprint density at radius 1 is 0.875 bits per heavy atom. The SMILES string of the molecule is CCN(CC)CCNC(=O)c1c(C)[nH]c(C=C2C(=O)Nc3cccc(-c4ccc(-c5ccccc5)cc4)c32)c1C. The lowest BCUT2D eigenvalue weighted by Gasteiger charge is -2.18. The molecule has 6 heteroatoms. The van der Waals surface area contributed by atoms with Crippen LogP contribution in [-0.2, 0) is 4.79 Å². The van der Waals surface area contributed by atoms with Crippen molar-refractivity contribution in [3.05, 3.63) is 101 Å². The summed E-state index contributed by atoms with van der Waals surface area (Å²) in [7, 11) is 0. The molecule has 204 valence electrons. The van der Waals surface area contributed by atoms with Gasteiger partial charge in [0.1, 0.15) is 0 Å². The summed E-state index contributed by atoms with van der Waals surface area (Å²) < 4.78 is 0. The number of nitrogens with one attached hydrogen (secondary N) is 3. The molecule has 1 aliphatic rings. The number of fused-ring (bicyclic) bond motifs is 1. The van der Waals surface area contributed by atoms with Crippen LogP contribution < -0.4 is 10.6 Å². The Labute approximate surface area is 236 Å². The minimum atomic E-state index is -0.153. The highest BCUT2D eigenvalue weighted by atomic mass is 16.2. The van der Waals surface area contributed by atoms with E-state index in [1.807, 2.05) is 56.3 Å². The third kappa shape index (κ3) is 5.36. The maximum Gasteiger partial charge on any atom is 0.256 e. The van der Waals surface area contributed by atoms with Crippen molar-refractivity contribution in [1.29, 1.82) is 0 Å². The minimum absolute atomic E-state index is 0.0986. The Kier molecular flexibility index (Phi) is 7.99. The van der Waals surface area contributed by atoms with Crippen LogP contribution in [0.25, 0.3) is 33.9 Å². The van der Waals surface area contributed by atoms with Gasteiger partial charge in [-0.2, -0.15) is 0 Å². The van der Waals surface area contributed by atoms with E-state index in [2.05, 4.69) is 70.8 Å². The molecule has 0 unspecified atom stereocenters. The number of benzene rings is 3. The number of likely N-dealkylation sites (N-methyl/N-ethyl adjacent to an activating group) is 1. The quantitative estimate of drug-likeness (QED) is 0.215.